The Morgan fingerprint density at radius 1 is 0.931 bits per heavy atom. The van der Waals surface area contributed by atoms with Crippen molar-refractivity contribution in [3.8, 4) is 17.1 Å². The van der Waals surface area contributed by atoms with Gasteiger partial charge in [0.2, 0.25) is 0 Å². The molecule has 5 rings (SSSR count). The molecule has 29 heavy (non-hydrogen) atoms. The van der Waals surface area contributed by atoms with Gasteiger partial charge in [0.05, 0.1) is 17.3 Å². The van der Waals surface area contributed by atoms with Crippen LogP contribution in [0.3, 0.4) is 0 Å². The number of halogens is 2. The maximum absolute atomic E-state index is 13.3. The number of nitrogens with zero attached hydrogens (tertiary/aromatic N) is 3. The first-order valence-electron chi connectivity index (χ1n) is 10.1. The first-order valence-corrected chi connectivity index (χ1v) is 10.8. The Bertz CT molecular complexity index is 1070. The van der Waals surface area contributed by atoms with Crippen molar-refractivity contribution in [3.05, 3.63) is 70.0 Å². The summed E-state index contributed by atoms with van der Waals surface area (Å²) in [6, 6.07) is 15.6. The lowest BCUT2D eigenvalue weighted by molar-refractivity contribution is 0.0653. The third-order valence-corrected chi connectivity index (χ3v) is 6.55. The van der Waals surface area contributed by atoms with Gasteiger partial charge in [0, 0.05) is 22.3 Å². The molecular formula is C23H21Cl2N3O. The van der Waals surface area contributed by atoms with Gasteiger partial charge < -0.3 is 4.90 Å². The summed E-state index contributed by atoms with van der Waals surface area (Å²) in [7, 11) is 0. The highest BCUT2D eigenvalue weighted by Crippen LogP contribution is 2.37. The third-order valence-electron chi connectivity index (χ3n) is 5.97. The summed E-state index contributed by atoms with van der Waals surface area (Å²) >= 11 is 12.6. The van der Waals surface area contributed by atoms with E-state index < -0.39 is 0 Å². The van der Waals surface area contributed by atoms with E-state index in [9.17, 15) is 4.79 Å². The van der Waals surface area contributed by atoms with E-state index in [4.69, 9.17) is 28.2 Å². The average molecular weight is 426 g/mol. The lowest BCUT2D eigenvalue weighted by Gasteiger charge is -2.31. The van der Waals surface area contributed by atoms with Crippen LogP contribution in [0, 0.1) is 0 Å². The highest BCUT2D eigenvalue weighted by molar-refractivity contribution is 6.33. The maximum atomic E-state index is 13.3. The third kappa shape index (κ3) is 3.24. The van der Waals surface area contributed by atoms with Crippen LogP contribution in [0.15, 0.2) is 48.5 Å². The van der Waals surface area contributed by atoms with Crippen molar-refractivity contribution in [2.75, 3.05) is 0 Å². The Kier molecular flexibility index (Phi) is 4.84. The van der Waals surface area contributed by atoms with Crippen LogP contribution in [0.2, 0.25) is 10.0 Å². The van der Waals surface area contributed by atoms with Gasteiger partial charge in [-0.2, -0.15) is 0 Å². The second-order valence-electron chi connectivity index (χ2n) is 7.75. The molecular weight excluding hydrogens is 405 g/mol. The van der Waals surface area contributed by atoms with E-state index in [0.29, 0.717) is 34.2 Å². The van der Waals surface area contributed by atoms with Crippen LogP contribution >= 0.6 is 23.2 Å². The number of carbonyl (C=O) groups is 1. The molecule has 1 aromatic heterocycles. The minimum Gasteiger partial charge on any atom is -0.328 e. The number of fused-ring (bicyclic) bond motifs is 1. The fourth-order valence-electron chi connectivity index (χ4n) is 4.52. The lowest BCUT2D eigenvalue weighted by atomic mass is 9.94. The average Bonchev–Trinajstić information content (AvgIpc) is 3.26. The molecule has 1 fully saturated rings. The number of rotatable bonds is 3. The first-order chi connectivity index (χ1) is 14.1. The van der Waals surface area contributed by atoms with E-state index >= 15 is 0 Å². The molecule has 2 aliphatic rings. The molecule has 0 unspecified atom stereocenters. The summed E-state index contributed by atoms with van der Waals surface area (Å²) in [6.07, 6.45) is 5.79. The number of benzene rings is 2. The second kappa shape index (κ2) is 7.51. The van der Waals surface area contributed by atoms with Crippen LogP contribution in [0.1, 0.15) is 48.3 Å². The van der Waals surface area contributed by atoms with Crippen molar-refractivity contribution in [1.29, 1.82) is 0 Å². The van der Waals surface area contributed by atoms with E-state index in [0.717, 1.165) is 29.8 Å². The number of amides is 1. The molecule has 3 aromatic rings. The normalized spacial score (nSPS) is 17.0. The van der Waals surface area contributed by atoms with E-state index in [2.05, 4.69) is 4.57 Å². The van der Waals surface area contributed by atoms with Crippen LogP contribution in [0.4, 0.5) is 0 Å². The van der Waals surface area contributed by atoms with Crippen LogP contribution in [-0.2, 0) is 6.54 Å². The zero-order valence-corrected chi connectivity index (χ0v) is 17.5. The molecule has 0 atom stereocenters. The quantitative estimate of drug-likeness (QED) is 0.505. The molecule has 0 radical (unpaired) electrons. The molecule has 0 N–H and O–H groups in total. The minimum atomic E-state index is 0.0351. The predicted octanol–water partition coefficient (Wildman–Crippen LogP) is 6.13. The minimum absolute atomic E-state index is 0.0351. The number of aromatic nitrogens is 2. The molecule has 4 nitrogen and oxygen atoms in total. The van der Waals surface area contributed by atoms with E-state index in [1.807, 2.05) is 53.4 Å². The Morgan fingerprint density at radius 2 is 1.66 bits per heavy atom. The van der Waals surface area contributed by atoms with Crippen LogP contribution in [-0.4, -0.2) is 26.4 Å². The van der Waals surface area contributed by atoms with Crippen molar-refractivity contribution < 1.29 is 4.79 Å². The van der Waals surface area contributed by atoms with Crippen molar-refractivity contribution in [2.45, 2.75) is 44.7 Å². The van der Waals surface area contributed by atoms with Gasteiger partial charge in [-0.3, -0.25) is 9.36 Å². The number of carbonyl (C=O) groups excluding carboxylic acids is 1. The van der Waals surface area contributed by atoms with E-state index in [1.54, 1.807) is 0 Å². The predicted molar refractivity (Wildman–Crippen MR) is 116 cm³/mol. The van der Waals surface area contributed by atoms with Gasteiger partial charge in [-0.15, -0.1) is 0 Å². The molecule has 1 saturated carbocycles. The Labute approximate surface area is 180 Å². The Morgan fingerprint density at radius 3 is 2.38 bits per heavy atom. The first kappa shape index (κ1) is 18.7. The zero-order chi connectivity index (χ0) is 20.0. The van der Waals surface area contributed by atoms with Crippen LogP contribution < -0.4 is 0 Å². The van der Waals surface area contributed by atoms with E-state index in [1.165, 1.54) is 19.3 Å². The lowest BCUT2D eigenvalue weighted by Crippen LogP contribution is -2.37. The van der Waals surface area contributed by atoms with Gasteiger partial charge in [-0.05, 0) is 49.2 Å². The summed E-state index contributed by atoms with van der Waals surface area (Å²) in [5.41, 5.74) is 3.21. The highest BCUT2D eigenvalue weighted by Gasteiger charge is 2.38. The molecule has 2 heterocycles. The highest BCUT2D eigenvalue weighted by atomic mass is 35.5. The van der Waals surface area contributed by atoms with Gasteiger partial charge >= 0.3 is 0 Å². The molecule has 6 heteroatoms. The Hall–Kier alpha value is -2.30. The fraction of sp³-hybridized carbons (Fsp3) is 0.304. The van der Waals surface area contributed by atoms with E-state index in [-0.39, 0.29) is 5.91 Å². The van der Waals surface area contributed by atoms with Crippen molar-refractivity contribution in [3.63, 3.8) is 0 Å². The molecule has 0 bridgehead atoms. The smallest absolute Gasteiger partial charge is 0.275 e. The summed E-state index contributed by atoms with van der Waals surface area (Å²) < 4.78 is 2.06. The molecule has 1 amide bonds. The molecule has 1 aliphatic carbocycles. The maximum Gasteiger partial charge on any atom is 0.275 e. The summed E-state index contributed by atoms with van der Waals surface area (Å²) in [6.45, 7) is 0.582. The second-order valence-corrected chi connectivity index (χ2v) is 8.59. The van der Waals surface area contributed by atoms with Gasteiger partial charge in [0.25, 0.3) is 5.91 Å². The van der Waals surface area contributed by atoms with Gasteiger partial charge in [0.15, 0.2) is 5.69 Å². The number of hydrogen-bond acceptors (Lipinski definition) is 2. The fourth-order valence-corrected chi connectivity index (χ4v) is 4.87. The molecule has 0 saturated heterocycles. The summed E-state index contributed by atoms with van der Waals surface area (Å²) in [5, 5.41) is 1.28. The van der Waals surface area contributed by atoms with Crippen molar-refractivity contribution >= 4 is 29.1 Å². The topological polar surface area (TPSA) is 38.1 Å². The zero-order valence-electron chi connectivity index (χ0n) is 15.9. The standard InChI is InChI=1S/C23H21Cl2N3O/c24-15-10-12-17(13-11-15)28-20-14-27(16-6-2-1-3-7-16)23(29)21(20)26-22(28)18-8-4-5-9-19(18)25/h4-5,8-13,16H,1-3,6-7,14H2. The van der Waals surface area contributed by atoms with Gasteiger partial charge in [-0.1, -0.05) is 54.6 Å². The number of hydrogen-bond donors (Lipinski definition) is 0. The van der Waals surface area contributed by atoms with Crippen molar-refractivity contribution in [2.24, 2.45) is 0 Å². The summed E-state index contributed by atoms with van der Waals surface area (Å²) in [5.74, 6) is 0.729. The van der Waals surface area contributed by atoms with Crippen LogP contribution in [0.5, 0.6) is 0 Å². The van der Waals surface area contributed by atoms with Gasteiger partial charge in [-0.25, -0.2) is 4.98 Å². The van der Waals surface area contributed by atoms with Crippen molar-refractivity contribution in [1.82, 2.24) is 14.5 Å². The summed E-state index contributed by atoms with van der Waals surface area (Å²) in [4.78, 5) is 20.1. The molecule has 0 spiro atoms. The largest absolute Gasteiger partial charge is 0.328 e. The number of imidazole rings is 1. The SMILES string of the molecule is O=C1c2nc(-c3ccccc3Cl)n(-c3ccc(Cl)cc3)c2CN1C1CCCCC1. The Balaban J connectivity index is 1.64. The molecule has 2 aromatic carbocycles. The molecule has 1 aliphatic heterocycles. The molecule has 148 valence electrons. The monoisotopic (exact) mass is 425 g/mol. The van der Waals surface area contributed by atoms with Crippen LogP contribution in [0.25, 0.3) is 17.1 Å². The van der Waals surface area contributed by atoms with Gasteiger partial charge in [0.1, 0.15) is 5.82 Å².